The van der Waals surface area contributed by atoms with Crippen LogP contribution in [0.2, 0.25) is 0 Å². The van der Waals surface area contributed by atoms with E-state index in [-0.39, 0.29) is 24.8 Å². The van der Waals surface area contributed by atoms with E-state index in [2.05, 4.69) is 46.4 Å². The topological polar surface area (TPSA) is 9.23 Å². The zero-order valence-electron chi connectivity index (χ0n) is 9.93. The molecular formula is C12H19Cl2OTi. The predicted molar refractivity (Wildman–Crippen MR) is 55.7 cm³/mol. The standard InChI is InChI=1S/C12H19O.2ClH.Ti/c1-3-5-10-13-12(4-2)11-8-6-7-9-11;;;/h6,8,12H,3-5,7,10H2,1-2H3;2*1H;/q;;;+2/p-2. The Hall–Kier alpha value is 0.734. The summed E-state index contributed by atoms with van der Waals surface area (Å²) in [5.41, 5.74) is 1.42. The summed E-state index contributed by atoms with van der Waals surface area (Å²) >= 11 is 2.21. The summed E-state index contributed by atoms with van der Waals surface area (Å²) in [6.45, 7) is 5.30. The van der Waals surface area contributed by atoms with Crippen LogP contribution in [0.15, 0.2) is 21.6 Å². The second-order valence-electron chi connectivity index (χ2n) is 3.66. The SMILES string of the molecule is CCCCOC(CC)C1=[C]([Ti+2])CC=C1.[Cl-].[Cl-]. The Morgan fingerprint density at radius 2 is 2.06 bits per heavy atom. The molecule has 0 amide bonds. The van der Waals surface area contributed by atoms with Crippen LogP contribution in [0, 0.1) is 0 Å². The maximum absolute atomic E-state index is 5.88. The van der Waals surface area contributed by atoms with E-state index in [1.165, 1.54) is 22.3 Å². The van der Waals surface area contributed by atoms with E-state index in [1.54, 1.807) is 0 Å². The molecule has 1 atom stereocenters. The summed E-state index contributed by atoms with van der Waals surface area (Å²) in [6, 6.07) is 0. The van der Waals surface area contributed by atoms with E-state index in [0.29, 0.717) is 6.10 Å². The van der Waals surface area contributed by atoms with Crippen LogP contribution in [0.4, 0.5) is 0 Å². The molecule has 0 N–H and O–H groups in total. The van der Waals surface area contributed by atoms with Crippen LogP contribution in [0.1, 0.15) is 39.5 Å². The summed E-state index contributed by atoms with van der Waals surface area (Å²) in [6.07, 6.45) is 9.38. The van der Waals surface area contributed by atoms with E-state index >= 15 is 0 Å². The van der Waals surface area contributed by atoms with Crippen molar-refractivity contribution in [3.8, 4) is 0 Å². The monoisotopic (exact) mass is 297 g/mol. The van der Waals surface area contributed by atoms with Gasteiger partial charge in [-0.2, -0.15) is 0 Å². The number of rotatable bonds is 6. The smallest absolute Gasteiger partial charge is 1.00 e. The van der Waals surface area contributed by atoms with E-state index in [9.17, 15) is 0 Å². The van der Waals surface area contributed by atoms with Gasteiger partial charge in [-0.25, -0.2) is 0 Å². The van der Waals surface area contributed by atoms with Gasteiger partial charge in [-0.15, -0.1) is 0 Å². The van der Waals surface area contributed by atoms with Crippen LogP contribution in [0.25, 0.3) is 0 Å². The largest absolute Gasteiger partial charge is 1.00 e. The third-order valence-corrected chi connectivity index (χ3v) is 3.27. The van der Waals surface area contributed by atoms with Gasteiger partial charge in [0.25, 0.3) is 0 Å². The second-order valence-corrected chi connectivity index (χ2v) is 4.60. The van der Waals surface area contributed by atoms with Crippen LogP contribution in [0.3, 0.4) is 0 Å². The van der Waals surface area contributed by atoms with Crippen LogP contribution in [0.5, 0.6) is 0 Å². The Bertz CT molecular complexity index is 239. The molecule has 0 spiro atoms. The summed E-state index contributed by atoms with van der Waals surface area (Å²) in [5.74, 6) is 0. The molecule has 1 unspecified atom stereocenters. The van der Waals surface area contributed by atoms with Crippen molar-refractivity contribution < 1.29 is 50.0 Å². The first-order chi connectivity index (χ1) is 6.79. The van der Waals surface area contributed by atoms with Crippen molar-refractivity contribution >= 4 is 0 Å². The first-order valence-electron chi connectivity index (χ1n) is 5.52. The molecular weight excluding hydrogens is 279 g/mol. The number of ether oxygens (including phenoxy) is 1. The maximum atomic E-state index is 5.88. The van der Waals surface area contributed by atoms with E-state index in [4.69, 9.17) is 4.74 Å². The number of halogens is 2. The summed E-state index contributed by atoms with van der Waals surface area (Å²) < 4.78 is 7.36. The molecule has 0 bridgehead atoms. The predicted octanol–water partition coefficient (Wildman–Crippen LogP) is -2.65. The van der Waals surface area contributed by atoms with Crippen LogP contribution >= 0.6 is 0 Å². The Morgan fingerprint density at radius 3 is 2.50 bits per heavy atom. The van der Waals surface area contributed by atoms with Crippen LogP contribution < -0.4 is 24.8 Å². The summed E-state index contributed by atoms with van der Waals surface area (Å²) in [5, 5.41) is 0. The molecule has 0 saturated carbocycles. The van der Waals surface area contributed by atoms with Gasteiger partial charge in [0.15, 0.2) is 0 Å². The van der Waals surface area contributed by atoms with Crippen molar-refractivity contribution in [3.05, 3.63) is 21.6 Å². The molecule has 0 aliphatic heterocycles. The molecule has 0 aromatic rings. The fourth-order valence-corrected chi connectivity index (χ4v) is 2.19. The molecule has 1 rings (SSSR count). The van der Waals surface area contributed by atoms with E-state index in [1.807, 2.05) is 0 Å². The van der Waals surface area contributed by atoms with Crippen molar-refractivity contribution in [2.75, 3.05) is 6.61 Å². The quantitative estimate of drug-likeness (QED) is 0.384. The first kappa shape index (κ1) is 19.1. The van der Waals surface area contributed by atoms with E-state index < -0.39 is 0 Å². The van der Waals surface area contributed by atoms with Gasteiger partial charge >= 0.3 is 99.0 Å². The van der Waals surface area contributed by atoms with E-state index in [0.717, 1.165) is 19.4 Å². The number of hydrogen-bond acceptors (Lipinski definition) is 1. The van der Waals surface area contributed by atoms with Gasteiger partial charge in [-0.05, 0) is 0 Å². The second kappa shape index (κ2) is 10.9. The zero-order valence-corrected chi connectivity index (χ0v) is 13.0. The molecule has 0 aromatic carbocycles. The molecule has 0 aromatic heterocycles. The Labute approximate surface area is 123 Å². The molecule has 0 heterocycles. The number of unbranched alkanes of at least 4 members (excludes halogenated alkanes) is 1. The molecule has 16 heavy (non-hydrogen) atoms. The zero-order chi connectivity index (χ0) is 10.4. The average Bonchev–Trinajstić information content (AvgIpc) is 2.60. The Kier molecular flexibility index (Phi) is 13.0. The molecule has 0 saturated heterocycles. The fraction of sp³-hybridized carbons (Fsp3) is 0.667. The summed E-state index contributed by atoms with van der Waals surface area (Å²) in [4.78, 5) is 0. The van der Waals surface area contributed by atoms with Crippen molar-refractivity contribution in [3.63, 3.8) is 0 Å². The van der Waals surface area contributed by atoms with Gasteiger partial charge in [0.1, 0.15) is 0 Å². The Balaban J connectivity index is 0. The van der Waals surface area contributed by atoms with Gasteiger partial charge in [-0.1, -0.05) is 0 Å². The number of hydrogen-bond donors (Lipinski definition) is 0. The van der Waals surface area contributed by atoms with Gasteiger partial charge in [0, 0.05) is 0 Å². The minimum atomic E-state index is 0. The molecule has 1 nitrogen and oxygen atoms in total. The van der Waals surface area contributed by atoms with Gasteiger partial charge < -0.3 is 24.8 Å². The van der Waals surface area contributed by atoms with Crippen LogP contribution in [-0.2, 0) is 25.2 Å². The van der Waals surface area contributed by atoms with Gasteiger partial charge in [0.05, 0.1) is 0 Å². The minimum Gasteiger partial charge on any atom is -1.00 e. The van der Waals surface area contributed by atoms with Crippen LogP contribution in [-0.4, -0.2) is 12.7 Å². The summed E-state index contributed by atoms with van der Waals surface area (Å²) in [7, 11) is 0. The van der Waals surface area contributed by atoms with Gasteiger partial charge in [-0.3, -0.25) is 0 Å². The molecule has 1 aliphatic rings. The average molecular weight is 298 g/mol. The van der Waals surface area contributed by atoms with Crippen molar-refractivity contribution in [2.45, 2.75) is 45.6 Å². The molecule has 1 aliphatic carbocycles. The molecule has 0 radical (unpaired) electrons. The normalized spacial score (nSPS) is 15.8. The minimum absolute atomic E-state index is 0. The van der Waals surface area contributed by atoms with Crippen molar-refractivity contribution in [1.82, 2.24) is 0 Å². The molecule has 0 fully saturated rings. The maximum Gasteiger partial charge on any atom is -1.00 e. The number of allylic oxidation sites excluding steroid dienone is 2. The van der Waals surface area contributed by atoms with Crippen molar-refractivity contribution in [1.29, 1.82) is 0 Å². The Morgan fingerprint density at radius 1 is 1.38 bits per heavy atom. The molecule has 91 valence electrons. The van der Waals surface area contributed by atoms with Gasteiger partial charge in [0.2, 0.25) is 0 Å². The third-order valence-electron chi connectivity index (χ3n) is 2.50. The fourth-order valence-electron chi connectivity index (χ4n) is 1.62. The first-order valence-corrected chi connectivity index (χ1v) is 6.30. The molecule has 4 heteroatoms. The van der Waals surface area contributed by atoms with Crippen molar-refractivity contribution in [2.24, 2.45) is 0 Å². The third kappa shape index (κ3) is 5.88.